The molecule has 120 valence electrons. The number of nitrogens with one attached hydrogen (secondary N) is 1. The minimum atomic E-state index is 0.564. The first-order valence-corrected chi connectivity index (χ1v) is 8.53. The minimum Gasteiger partial charge on any atom is -0.364 e. The Bertz CT molecular complexity index is 979. The zero-order valence-corrected chi connectivity index (χ0v) is 15.5. The monoisotopic (exact) mass is 400 g/mol. The first kappa shape index (κ1) is 16.7. The van der Waals surface area contributed by atoms with E-state index in [0.29, 0.717) is 22.9 Å². The van der Waals surface area contributed by atoms with Gasteiger partial charge in [0.05, 0.1) is 22.3 Å². The fourth-order valence-electron chi connectivity index (χ4n) is 2.58. The lowest BCUT2D eigenvalue weighted by atomic mass is 10.0. The van der Waals surface area contributed by atoms with Crippen LogP contribution in [0.4, 0.5) is 5.82 Å². The predicted octanol–water partition coefficient (Wildman–Crippen LogP) is 5.15. The fraction of sp³-hybridized carbons (Fsp3) is 0.167. The van der Waals surface area contributed by atoms with Crippen molar-refractivity contribution < 1.29 is 0 Å². The first-order chi connectivity index (χ1) is 11.5. The van der Waals surface area contributed by atoms with Gasteiger partial charge in [0.1, 0.15) is 0 Å². The lowest BCUT2D eigenvalue weighted by Crippen LogP contribution is -2.06. The van der Waals surface area contributed by atoms with Crippen molar-refractivity contribution in [3.05, 3.63) is 62.2 Å². The molecule has 0 aliphatic rings. The van der Waals surface area contributed by atoms with E-state index in [1.54, 1.807) is 0 Å². The molecule has 1 N–H and O–H groups in total. The molecule has 0 aliphatic heterocycles. The molecule has 0 amide bonds. The molecule has 6 heteroatoms. The average Bonchev–Trinajstić information content (AvgIpc) is 2.57. The molecule has 0 unspecified atom stereocenters. The van der Waals surface area contributed by atoms with Crippen molar-refractivity contribution in [2.45, 2.75) is 20.4 Å². The summed E-state index contributed by atoms with van der Waals surface area (Å²) in [5, 5.41) is 23.5. The van der Waals surface area contributed by atoms with E-state index < -0.39 is 0 Å². The molecule has 1 heterocycles. The van der Waals surface area contributed by atoms with Crippen LogP contribution >= 0.6 is 27.5 Å². The third-order valence-corrected chi connectivity index (χ3v) is 5.22. The van der Waals surface area contributed by atoms with Gasteiger partial charge >= 0.3 is 0 Å². The summed E-state index contributed by atoms with van der Waals surface area (Å²) in [5.74, 6) is 0.690. The standard InChI is InChI=1S/C18H14BrClN4/c1-10-12(8-21)4-3-5-13(10)9-22-18-15-6-16(19)17(20)7-14(15)11(2)23-24-18/h3-7H,9H2,1-2H3,(H,22,24). The molecule has 0 saturated heterocycles. The number of benzene rings is 2. The second-order valence-corrected chi connectivity index (χ2v) is 6.76. The number of aromatic nitrogens is 2. The predicted molar refractivity (Wildman–Crippen MR) is 100 cm³/mol. The smallest absolute Gasteiger partial charge is 0.156 e. The molecule has 2 aromatic carbocycles. The van der Waals surface area contributed by atoms with Crippen LogP contribution in [0.15, 0.2) is 34.8 Å². The molecular formula is C18H14BrClN4. The number of hydrogen-bond donors (Lipinski definition) is 1. The van der Waals surface area contributed by atoms with Crippen LogP contribution in [0.3, 0.4) is 0 Å². The van der Waals surface area contributed by atoms with Gasteiger partial charge in [0.25, 0.3) is 0 Å². The maximum atomic E-state index is 9.15. The van der Waals surface area contributed by atoms with Crippen molar-refractivity contribution in [1.29, 1.82) is 5.26 Å². The molecule has 0 atom stereocenters. The highest BCUT2D eigenvalue weighted by Gasteiger charge is 2.11. The van der Waals surface area contributed by atoms with Gasteiger partial charge in [-0.3, -0.25) is 0 Å². The Morgan fingerprint density at radius 3 is 2.75 bits per heavy atom. The van der Waals surface area contributed by atoms with E-state index in [0.717, 1.165) is 32.1 Å². The van der Waals surface area contributed by atoms with E-state index in [2.05, 4.69) is 37.5 Å². The highest BCUT2D eigenvalue weighted by atomic mass is 79.9. The second-order valence-electron chi connectivity index (χ2n) is 5.50. The molecule has 3 rings (SSSR count). The van der Waals surface area contributed by atoms with Crippen LogP contribution in [0.2, 0.25) is 5.02 Å². The van der Waals surface area contributed by atoms with Crippen molar-refractivity contribution in [2.24, 2.45) is 0 Å². The van der Waals surface area contributed by atoms with Crippen LogP contribution in [-0.4, -0.2) is 10.2 Å². The summed E-state index contributed by atoms with van der Waals surface area (Å²) in [6, 6.07) is 11.7. The molecule has 24 heavy (non-hydrogen) atoms. The van der Waals surface area contributed by atoms with Crippen molar-refractivity contribution >= 4 is 44.1 Å². The number of nitrogens with zero attached hydrogens (tertiary/aromatic N) is 3. The van der Waals surface area contributed by atoms with E-state index >= 15 is 0 Å². The Kier molecular flexibility index (Phi) is 4.70. The van der Waals surface area contributed by atoms with Crippen LogP contribution < -0.4 is 5.32 Å². The summed E-state index contributed by atoms with van der Waals surface area (Å²) in [5.41, 5.74) is 3.54. The number of fused-ring (bicyclic) bond motifs is 1. The summed E-state index contributed by atoms with van der Waals surface area (Å²) in [6.07, 6.45) is 0. The third-order valence-electron chi connectivity index (χ3n) is 4.02. The zero-order chi connectivity index (χ0) is 17.3. The molecule has 0 radical (unpaired) electrons. The van der Waals surface area contributed by atoms with Gasteiger partial charge in [-0.15, -0.1) is 5.10 Å². The fourth-order valence-corrected chi connectivity index (χ4v) is 3.09. The second kappa shape index (κ2) is 6.76. The molecular weight excluding hydrogens is 388 g/mol. The Labute approximate surface area is 153 Å². The number of anilines is 1. The maximum absolute atomic E-state index is 9.15. The van der Waals surface area contributed by atoms with Gasteiger partial charge in [0.15, 0.2) is 5.82 Å². The normalized spacial score (nSPS) is 10.6. The van der Waals surface area contributed by atoms with Crippen molar-refractivity contribution in [3.63, 3.8) is 0 Å². The number of aryl methyl sites for hydroxylation is 1. The van der Waals surface area contributed by atoms with Crippen LogP contribution in [0.5, 0.6) is 0 Å². The SMILES string of the molecule is Cc1c(C#N)cccc1CNc1nnc(C)c2cc(Cl)c(Br)cc12. The largest absolute Gasteiger partial charge is 0.364 e. The van der Waals surface area contributed by atoms with Gasteiger partial charge in [-0.05, 0) is 59.1 Å². The van der Waals surface area contributed by atoms with Gasteiger partial charge in [-0.1, -0.05) is 23.7 Å². The van der Waals surface area contributed by atoms with Crippen molar-refractivity contribution in [2.75, 3.05) is 5.32 Å². The summed E-state index contributed by atoms with van der Waals surface area (Å²) >= 11 is 9.65. The highest BCUT2D eigenvalue weighted by molar-refractivity contribution is 9.10. The molecule has 0 fully saturated rings. The lowest BCUT2D eigenvalue weighted by Gasteiger charge is -2.12. The van der Waals surface area contributed by atoms with Crippen LogP contribution in [0.25, 0.3) is 10.8 Å². The van der Waals surface area contributed by atoms with E-state index in [1.165, 1.54) is 0 Å². The van der Waals surface area contributed by atoms with Crippen molar-refractivity contribution in [3.8, 4) is 6.07 Å². The third kappa shape index (κ3) is 3.08. The van der Waals surface area contributed by atoms with E-state index in [-0.39, 0.29) is 0 Å². The Morgan fingerprint density at radius 1 is 1.21 bits per heavy atom. The van der Waals surface area contributed by atoms with Gasteiger partial charge in [-0.2, -0.15) is 10.4 Å². The molecule has 4 nitrogen and oxygen atoms in total. The van der Waals surface area contributed by atoms with Gasteiger partial charge in [0.2, 0.25) is 0 Å². The Morgan fingerprint density at radius 2 is 2.00 bits per heavy atom. The Balaban J connectivity index is 1.98. The maximum Gasteiger partial charge on any atom is 0.156 e. The Hall–Kier alpha value is -2.16. The zero-order valence-electron chi connectivity index (χ0n) is 13.2. The van der Waals surface area contributed by atoms with Gasteiger partial charge in [0, 0.05) is 21.8 Å². The molecule has 0 spiro atoms. The number of halogens is 2. The summed E-state index contributed by atoms with van der Waals surface area (Å²) < 4.78 is 0.815. The van der Waals surface area contributed by atoms with E-state index in [4.69, 9.17) is 16.9 Å². The van der Waals surface area contributed by atoms with Crippen LogP contribution in [-0.2, 0) is 6.54 Å². The summed E-state index contributed by atoms with van der Waals surface area (Å²) in [6.45, 7) is 4.42. The van der Waals surface area contributed by atoms with E-state index in [9.17, 15) is 0 Å². The average molecular weight is 402 g/mol. The molecule has 0 aliphatic carbocycles. The molecule has 0 bridgehead atoms. The van der Waals surface area contributed by atoms with Gasteiger partial charge in [-0.25, -0.2) is 0 Å². The number of hydrogen-bond acceptors (Lipinski definition) is 4. The molecule has 3 aromatic rings. The van der Waals surface area contributed by atoms with Crippen LogP contribution in [0, 0.1) is 25.2 Å². The van der Waals surface area contributed by atoms with Crippen molar-refractivity contribution in [1.82, 2.24) is 10.2 Å². The quantitative estimate of drug-likeness (QED) is 0.659. The summed E-state index contributed by atoms with van der Waals surface area (Å²) in [7, 11) is 0. The van der Waals surface area contributed by atoms with Crippen LogP contribution in [0.1, 0.15) is 22.4 Å². The lowest BCUT2D eigenvalue weighted by molar-refractivity contribution is 0.979. The summed E-state index contributed by atoms with van der Waals surface area (Å²) in [4.78, 5) is 0. The number of rotatable bonds is 3. The number of nitriles is 1. The first-order valence-electron chi connectivity index (χ1n) is 7.35. The van der Waals surface area contributed by atoms with Gasteiger partial charge < -0.3 is 5.32 Å². The molecule has 0 saturated carbocycles. The highest BCUT2D eigenvalue weighted by Crippen LogP contribution is 2.32. The molecule has 1 aromatic heterocycles. The topological polar surface area (TPSA) is 61.6 Å². The minimum absolute atomic E-state index is 0.564. The van der Waals surface area contributed by atoms with E-state index in [1.807, 2.05) is 44.2 Å².